The van der Waals surface area contributed by atoms with Crippen LogP contribution >= 0.6 is 0 Å². The van der Waals surface area contributed by atoms with Gasteiger partial charge in [0.25, 0.3) is 5.89 Å². The van der Waals surface area contributed by atoms with Gasteiger partial charge in [-0.3, -0.25) is 4.79 Å². The summed E-state index contributed by atoms with van der Waals surface area (Å²) in [7, 11) is 1.71. The zero-order chi connectivity index (χ0) is 17.6. The molecule has 0 N–H and O–H groups in total. The van der Waals surface area contributed by atoms with Gasteiger partial charge in [-0.25, -0.2) is 9.97 Å². The molecule has 128 valence electrons. The summed E-state index contributed by atoms with van der Waals surface area (Å²) in [5.41, 5.74) is 0.806. The minimum atomic E-state index is -0.650. The fraction of sp³-hybridized carbons (Fsp3) is 0.235. The van der Waals surface area contributed by atoms with Crippen molar-refractivity contribution in [1.82, 2.24) is 20.2 Å². The number of anilines is 1. The van der Waals surface area contributed by atoms with Crippen LogP contribution in [0.25, 0.3) is 11.5 Å². The summed E-state index contributed by atoms with van der Waals surface area (Å²) in [4.78, 5) is 21.8. The topological polar surface area (TPSA) is 94.2 Å². The maximum Gasteiger partial charge on any atom is 0.326 e. The number of nitrogens with zero attached hydrogens (tertiary/aromatic N) is 5. The van der Waals surface area contributed by atoms with Crippen LogP contribution in [0.5, 0.6) is 0 Å². The second-order valence-corrected chi connectivity index (χ2v) is 5.35. The number of rotatable bonds is 6. The minimum absolute atomic E-state index is 0.00797. The molecule has 2 aromatic heterocycles. The van der Waals surface area contributed by atoms with Crippen LogP contribution in [-0.4, -0.2) is 39.7 Å². The van der Waals surface area contributed by atoms with Gasteiger partial charge in [-0.1, -0.05) is 18.2 Å². The molecule has 0 fully saturated rings. The first-order valence-electron chi connectivity index (χ1n) is 7.70. The Morgan fingerprint density at radius 1 is 1.16 bits per heavy atom. The lowest BCUT2D eigenvalue weighted by molar-refractivity contribution is -0.147. The summed E-state index contributed by atoms with van der Waals surface area (Å²) >= 11 is 0. The highest BCUT2D eigenvalue weighted by Gasteiger charge is 2.20. The smallest absolute Gasteiger partial charge is 0.326 e. The van der Waals surface area contributed by atoms with E-state index in [0.717, 1.165) is 5.56 Å². The zero-order valence-electron chi connectivity index (χ0n) is 13.9. The maximum absolute atomic E-state index is 12.1. The molecule has 0 bridgehead atoms. The predicted molar refractivity (Wildman–Crippen MR) is 89.5 cm³/mol. The number of carbonyl (C=O) groups is 1. The molecule has 0 unspecified atom stereocenters. The van der Waals surface area contributed by atoms with E-state index in [1.807, 2.05) is 30.3 Å². The van der Waals surface area contributed by atoms with Crippen LogP contribution in [0.4, 0.5) is 5.95 Å². The van der Waals surface area contributed by atoms with E-state index in [1.165, 1.54) is 0 Å². The Balaban J connectivity index is 1.59. The van der Waals surface area contributed by atoms with Crippen LogP contribution < -0.4 is 4.90 Å². The van der Waals surface area contributed by atoms with Crippen molar-refractivity contribution in [3.05, 3.63) is 54.7 Å². The Bertz CT molecular complexity index is 823. The Morgan fingerprint density at radius 3 is 2.60 bits per heavy atom. The molecule has 0 amide bonds. The number of esters is 1. The van der Waals surface area contributed by atoms with Gasteiger partial charge in [0.05, 0.1) is 0 Å². The Kier molecular flexibility index (Phi) is 4.98. The van der Waals surface area contributed by atoms with Gasteiger partial charge in [0.2, 0.25) is 11.8 Å². The molecule has 25 heavy (non-hydrogen) atoms. The molecule has 0 aliphatic carbocycles. The average Bonchev–Trinajstić information content (AvgIpc) is 3.13. The van der Waals surface area contributed by atoms with Crippen molar-refractivity contribution in [3.63, 3.8) is 0 Å². The van der Waals surface area contributed by atoms with Crippen molar-refractivity contribution in [2.75, 3.05) is 18.5 Å². The SMILES string of the molecule is C[C@H](OC(=O)CN(C)c1ncccn1)c1nnc(-c2ccccc2)o1. The molecule has 3 rings (SSSR count). The van der Waals surface area contributed by atoms with Gasteiger partial charge in [-0.15, -0.1) is 10.2 Å². The minimum Gasteiger partial charge on any atom is -0.451 e. The summed E-state index contributed by atoms with van der Waals surface area (Å²) in [6.07, 6.45) is 2.56. The monoisotopic (exact) mass is 339 g/mol. The third kappa shape index (κ3) is 4.17. The summed E-state index contributed by atoms with van der Waals surface area (Å²) in [6, 6.07) is 11.1. The highest BCUT2D eigenvalue weighted by Crippen LogP contribution is 2.22. The van der Waals surface area contributed by atoms with E-state index in [1.54, 1.807) is 37.3 Å². The van der Waals surface area contributed by atoms with E-state index < -0.39 is 12.1 Å². The molecule has 8 heteroatoms. The second kappa shape index (κ2) is 7.52. The van der Waals surface area contributed by atoms with E-state index in [4.69, 9.17) is 9.15 Å². The highest BCUT2D eigenvalue weighted by atomic mass is 16.6. The van der Waals surface area contributed by atoms with Crippen molar-refractivity contribution in [3.8, 4) is 11.5 Å². The molecule has 0 spiro atoms. The third-order valence-corrected chi connectivity index (χ3v) is 3.38. The molecule has 0 aliphatic rings. The van der Waals surface area contributed by atoms with Gasteiger partial charge in [0, 0.05) is 25.0 Å². The van der Waals surface area contributed by atoms with Gasteiger partial charge < -0.3 is 14.1 Å². The first-order valence-corrected chi connectivity index (χ1v) is 7.70. The third-order valence-electron chi connectivity index (χ3n) is 3.38. The van der Waals surface area contributed by atoms with Crippen molar-refractivity contribution >= 4 is 11.9 Å². The van der Waals surface area contributed by atoms with Gasteiger partial charge in [0.15, 0.2) is 6.10 Å². The molecular formula is C17H17N5O3. The van der Waals surface area contributed by atoms with Gasteiger partial charge >= 0.3 is 5.97 Å². The lowest BCUT2D eigenvalue weighted by Gasteiger charge is -2.16. The molecule has 0 saturated carbocycles. The highest BCUT2D eigenvalue weighted by molar-refractivity contribution is 5.75. The molecule has 1 atom stereocenters. The first kappa shape index (κ1) is 16.6. The van der Waals surface area contributed by atoms with Crippen molar-refractivity contribution in [2.24, 2.45) is 0 Å². The largest absolute Gasteiger partial charge is 0.451 e. The van der Waals surface area contributed by atoms with Crippen molar-refractivity contribution in [2.45, 2.75) is 13.0 Å². The van der Waals surface area contributed by atoms with Crippen LogP contribution in [0.1, 0.15) is 18.9 Å². The van der Waals surface area contributed by atoms with E-state index in [9.17, 15) is 4.79 Å². The van der Waals surface area contributed by atoms with Crippen LogP contribution in [-0.2, 0) is 9.53 Å². The molecule has 0 radical (unpaired) electrons. The summed E-state index contributed by atoms with van der Waals surface area (Å²) in [5.74, 6) is 0.622. The normalized spacial score (nSPS) is 11.8. The van der Waals surface area contributed by atoms with Gasteiger partial charge in [-0.05, 0) is 25.1 Å². The number of likely N-dealkylation sites (N-methyl/N-ethyl adjacent to an activating group) is 1. The lowest BCUT2D eigenvalue weighted by Crippen LogP contribution is -2.29. The lowest BCUT2D eigenvalue weighted by atomic mass is 10.2. The standard InChI is InChI=1S/C17H17N5O3/c1-12(15-20-21-16(25-15)13-7-4-3-5-8-13)24-14(23)11-22(2)17-18-9-6-10-19-17/h3-10,12H,11H2,1-2H3/t12-/m0/s1. The number of carbonyl (C=O) groups excluding carboxylic acids is 1. The fourth-order valence-corrected chi connectivity index (χ4v) is 2.13. The number of benzene rings is 1. The quantitative estimate of drug-likeness (QED) is 0.631. The summed E-state index contributed by atoms with van der Waals surface area (Å²) < 4.78 is 10.9. The molecule has 1 aromatic carbocycles. The average molecular weight is 339 g/mol. The number of hydrogen-bond acceptors (Lipinski definition) is 8. The van der Waals surface area contributed by atoms with Crippen LogP contribution in [0.15, 0.2) is 53.2 Å². The number of aromatic nitrogens is 4. The molecule has 0 saturated heterocycles. The maximum atomic E-state index is 12.1. The van der Waals surface area contributed by atoms with E-state index in [-0.39, 0.29) is 12.4 Å². The summed E-state index contributed by atoms with van der Waals surface area (Å²) in [6.45, 7) is 1.69. The second-order valence-electron chi connectivity index (χ2n) is 5.35. The van der Waals surface area contributed by atoms with Crippen molar-refractivity contribution in [1.29, 1.82) is 0 Å². The molecule has 0 aliphatic heterocycles. The molecule has 2 heterocycles. The van der Waals surface area contributed by atoms with E-state index in [0.29, 0.717) is 11.8 Å². The Hall–Kier alpha value is -3.29. The van der Waals surface area contributed by atoms with Crippen LogP contribution in [0.3, 0.4) is 0 Å². The molecule has 8 nitrogen and oxygen atoms in total. The molecule has 3 aromatic rings. The summed E-state index contributed by atoms with van der Waals surface area (Å²) in [5, 5.41) is 7.94. The Morgan fingerprint density at radius 2 is 1.88 bits per heavy atom. The Labute approximate surface area is 144 Å². The number of ether oxygens (including phenoxy) is 1. The fourth-order valence-electron chi connectivity index (χ4n) is 2.13. The van der Waals surface area contributed by atoms with Crippen LogP contribution in [0.2, 0.25) is 0 Å². The van der Waals surface area contributed by atoms with Crippen molar-refractivity contribution < 1.29 is 13.9 Å². The van der Waals surface area contributed by atoms with E-state index >= 15 is 0 Å². The van der Waals surface area contributed by atoms with E-state index in [2.05, 4.69) is 20.2 Å². The van der Waals surface area contributed by atoms with Gasteiger partial charge in [-0.2, -0.15) is 0 Å². The van der Waals surface area contributed by atoms with Crippen LogP contribution in [0, 0.1) is 0 Å². The number of hydrogen-bond donors (Lipinski definition) is 0. The molecular weight excluding hydrogens is 322 g/mol. The zero-order valence-corrected chi connectivity index (χ0v) is 13.9. The predicted octanol–water partition coefficient (Wildman–Crippen LogP) is 2.27. The van der Waals surface area contributed by atoms with Gasteiger partial charge in [0.1, 0.15) is 6.54 Å². The first-order chi connectivity index (χ1) is 12.1.